The zero-order chi connectivity index (χ0) is 21.1. The van der Waals surface area contributed by atoms with Crippen LogP contribution < -0.4 is 10.3 Å². The average Bonchev–Trinajstić information content (AvgIpc) is 2.75. The Bertz CT molecular complexity index is 1180. The minimum Gasteiger partial charge on any atom is -0.358 e. The van der Waals surface area contributed by atoms with Gasteiger partial charge >= 0.3 is 0 Å². The van der Waals surface area contributed by atoms with Crippen LogP contribution in [-0.4, -0.2) is 4.98 Å². The fourth-order valence-corrected chi connectivity index (χ4v) is 4.21. The number of rotatable bonds is 6. The number of quaternary nitrogens is 1. The quantitative estimate of drug-likeness (QED) is 0.473. The summed E-state index contributed by atoms with van der Waals surface area (Å²) in [7, 11) is 0. The second-order valence-electron chi connectivity index (χ2n) is 7.90. The summed E-state index contributed by atoms with van der Waals surface area (Å²) in [6, 6.07) is 24.6. The lowest BCUT2D eigenvalue weighted by Crippen LogP contribution is -3.08. The largest absolute Gasteiger partial charge is 0.358 e. The van der Waals surface area contributed by atoms with Crippen LogP contribution in [0.4, 0.5) is 0 Å². The molecule has 3 nitrogen and oxygen atoms in total. The second kappa shape index (κ2) is 8.86. The highest BCUT2D eigenvalue weighted by Gasteiger charge is 2.18. The number of aromatic nitrogens is 1. The number of hydrogen-bond donors (Lipinski definition) is 2. The molecule has 0 saturated heterocycles. The maximum Gasteiger partial charge on any atom is 0.198 e. The molecule has 0 amide bonds. The summed E-state index contributed by atoms with van der Waals surface area (Å²) in [6.07, 6.45) is 0. The molecule has 0 atom stereocenters. The molecule has 4 rings (SSSR count). The number of pyridine rings is 1. The number of benzene rings is 3. The zero-order valence-electron chi connectivity index (χ0n) is 17.3. The molecule has 152 valence electrons. The minimum atomic E-state index is 0.0969. The maximum atomic E-state index is 13.4. The molecular formula is C26H26ClN2O+. The molecule has 30 heavy (non-hydrogen) atoms. The predicted octanol–water partition coefficient (Wildman–Crippen LogP) is 4.58. The molecule has 2 N–H and O–H groups in total. The summed E-state index contributed by atoms with van der Waals surface area (Å²) < 4.78 is 0. The second-order valence-corrected chi connectivity index (χ2v) is 8.31. The molecule has 0 saturated carbocycles. The highest BCUT2D eigenvalue weighted by molar-refractivity contribution is 6.32. The molecular weight excluding hydrogens is 392 g/mol. The number of aryl methyl sites for hydroxylation is 2. The molecule has 1 aromatic heterocycles. The van der Waals surface area contributed by atoms with E-state index in [1.807, 2.05) is 38.1 Å². The first-order chi connectivity index (χ1) is 14.5. The van der Waals surface area contributed by atoms with Crippen LogP contribution in [0.5, 0.6) is 0 Å². The lowest BCUT2D eigenvalue weighted by molar-refractivity contribution is -0.941. The number of hydrogen-bond acceptors (Lipinski definition) is 1. The minimum absolute atomic E-state index is 0.0969. The van der Waals surface area contributed by atoms with E-state index >= 15 is 0 Å². The van der Waals surface area contributed by atoms with E-state index in [0.29, 0.717) is 17.0 Å². The van der Waals surface area contributed by atoms with Crippen molar-refractivity contribution in [1.82, 2.24) is 4.98 Å². The third kappa shape index (κ3) is 4.33. The Labute approximate surface area is 181 Å². The van der Waals surface area contributed by atoms with E-state index in [1.165, 1.54) is 16.0 Å². The van der Waals surface area contributed by atoms with Crippen LogP contribution >= 0.6 is 11.6 Å². The average molecular weight is 418 g/mol. The number of nitrogens with one attached hydrogen (secondary N) is 2. The Balaban J connectivity index is 1.72. The summed E-state index contributed by atoms with van der Waals surface area (Å²) in [4.78, 5) is 18.1. The molecule has 0 spiro atoms. The Morgan fingerprint density at radius 3 is 1.93 bits per heavy atom. The van der Waals surface area contributed by atoms with Crippen LogP contribution in [0.25, 0.3) is 10.9 Å². The van der Waals surface area contributed by atoms with E-state index in [-0.39, 0.29) is 5.43 Å². The van der Waals surface area contributed by atoms with E-state index in [9.17, 15) is 4.79 Å². The molecule has 1 heterocycles. The van der Waals surface area contributed by atoms with Crippen molar-refractivity contribution in [2.24, 2.45) is 0 Å². The van der Waals surface area contributed by atoms with Gasteiger partial charge in [-0.2, -0.15) is 0 Å². The third-order valence-electron chi connectivity index (χ3n) is 5.70. The van der Waals surface area contributed by atoms with Gasteiger partial charge in [-0.25, -0.2) is 0 Å². The number of aromatic amines is 1. The summed E-state index contributed by atoms with van der Waals surface area (Å²) in [5.41, 5.74) is 6.13. The Kier molecular flexibility index (Phi) is 6.03. The van der Waals surface area contributed by atoms with Crippen LogP contribution in [-0.2, 0) is 19.6 Å². The first-order valence-corrected chi connectivity index (χ1v) is 10.6. The summed E-state index contributed by atoms with van der Waals surface area (Å²) >= 11 is 6.27. The molecule has 4 aromatic rings. The van der Waals surface area contributed by atoms with Crippen molar-refractivity contribution < 1.29 is 4.90 Å². The van der Waals surface area contributed by atoms with Crippen molar-refractivity contribution in [3.63, 3.8) is 0 Å². The number of halogens is 1. The molecule has 4 heteroatoms. The first-order valence-electron chi connectivity index (χ1n) is 10.2. The van der Waals surface area contributed by atoms with E-state index < -0.39 is 0 Å². The lowest BCUT2D eigenvalue weighted by Gasteiger charge is -2.21. The number of fused-ring (bicyclic) bond motifs is 1. The van der Waals surface area contributed by atoms with Gasteiger partial charge in [-0.3, -0.25) is 4.79 Å². The topological polar surface area (TPSA) is 37.3 Å². The SMILES string of the molecule is Cc1[nH]c2c(C)c(Cl)ccc2c(=O)c1C[NH+](Cc1ccccc1)Cc1ccccc1. The van der Waals surface area contributed by atoms with Gasteiger partial charge in [0.1, 0.15) is 19.6 Å². The van der Waals surface area contributed by atoms with Gasteiger partial charge in [-0.15, -0.1) is 0 Å². The van der Waals surface area contributed by atoms with Crippen LogP contribution in [0.3, 0.4) is 0 Å². The monoisotopic (exact) mass is 417 g/mol. The molecule has 0 unspecified atom stereocenters. The molecule has 0 bridgehead atoms. The predicted molar refractivity (Wildman–Crippen MR) is 124 cm³/mol. The van der Waals surface area contributed by atoms with Gasteiger partial charge in [-0.1, -0.05) is 72.3 Å². The van der Waals surface area contributed by atoms with Gasteiger partial charge in [-0.05, 0) is 31.5 Å². The van der Waals surface area contributed by atoms with Gasteiger partial charge in [0, 0.05) is 27.2 Å². The van der Waals surface area contributed by atoms with Crippen molar-refractivity contribution in [2.45, 2.75) is 33.5 Å². The van der Waals surface area contributed by atoms with Gasteiger partial charge in [0.25, 0.3) is 0 Å². The van der Waals surface area contributed by atoms with E-state index in [1.54, 1.807) is 0 Å². The summed E-state index contributed by atoms with van der Waals surface area (Å²) in [6.45, 7) is 6.29. The highest BCUT2D eigenvalue weighted by Crippen LogP contribution is 2.22. The van der Waals surface area contributed by atoms with Crippen molar-refractivity contribution >= 4 is 22.5 Å². The molecule has 0 radical (unpaired) electrons. The van der Waals surface area contributed by atoms with Crippen molar-refractivity contribution in [2.75, 3.05) is 0 Å². The molecule has 3 aromatic carbocycles. The van der Waals surface area contributed by atoms with E-state index in [0.717, 1.165) is 35.4 Å². The van der Waals surface area contributed by atoms with Crippen LogP contribution in [0.15, 0.2) is 77.6 Å². The smallest absolute Gasteiger partial charge is 0.198 e. The third-order valence-corrected chi connectivity index (χ3v) is 6.11. The van der Waals surface area contributed by atoms with Gasteiger partial charge in [0.15, 0.2) is 5.43 Å². The number of H-pyrrole nitrogens is 1. The zero-order valence-corrected chi connectivity index (χ0v) is 18.1. The van der Waals surface area contributed by atoms with Gasteiger partial charge in [0.2, 0.25) is 0 Å². The van der Waals surface area contributed by atoms with Crippen LogP contribution in [0, 0.1) is 13.8 Å². The van der Waals surface area contributed by atoms with Crippen molar-refractivity contribution in [3.05, 3.63) is 116 Å². The normalized spacial score (nSPS) is 11.3. The van der Waals surface area contributed by atoms with Crippen molar-refractivity contribution in [3.8, 4) is 0 Å². The van der Waals surface area contributed by atoms with E-state index in [4.69, 9.17) is 11.6 Å². The Morgan fingerprint density at radius 2 is 1.37 bits per heavy atom. The van der Waals surface area contributed by atoms with Gasteiger partial charge in [0.05, 0.1) is 11.1 Å². The van der Waals surface area contributed by atoms with Crippen molar-refractivity contribution in [1.29, 1.82) is 0 Å². The summed E-state index contributed by atoms with van der Waals surface area (Å²) in [5.74, 6) is 0. The van der Waals surface area contributed by atoms with E-state index in [2.05, 4.69) is 53.5 Å². The highest BCUT2D eigenvalue weighted by atomic mass is 35.5. The van der Waals surface area contributed by atoms with Crippen LogP contribution in [0.1, 0.15) is 27.9 Å². The Morgan fingerprint density at radius 1 is 0.800 bits per heavy atom. The first kappa shape index (κ1) is 20.4. The van der Waals surface area contributed by atoms with Crippen LogP contribution in [0.2, 0.25) is 5.02 Å². The maximum absolute atomic E-state index is 13.4. The standard InChI is InChI=1S/C26H25ClN2O/c1-18-24(27)14-13-22-25(18)28-19(2)23(26(22)30)17-29(15-20-9-5-3-6-10-20)16-21-11-7-4-8-12-21/h3-14H,15-17H2,1-2H3,(H,28,30)/p+1. The molecule has 0 aliphatic rings. The Hall–Kier alpha value is -2.88. The lowest BCUT2D eigenvalue weighted by atomic mass is 10.0. The fourth-order valence-electron chi connectivity index (χ4n) is 4.05. The molecule has 0 fully saturated rings. The molecule has 0 aliphatic heterocycles. The van der Waals surface area contributed by atoms with Gasteiger partial charge < -0.3 is 9.88 Å². The summed E-state index contributed by atoms with van der Waals surface area (Å²) in [5, 5.41) is 1.38. The fraction of sp³-hybridized carbons (Fsp3) is 0.192. The molecule has 0 aliphatic carbocycles.